The van der Waals surface area contributed by atoms with Gasteiger partial charge in [-0.2, -0.15) is 0 Å². The summed E-state index contributed by atoms with van der Waals surface area (Å²) in [5.41, 5.74) is 0. The predicted molar refractivity (Wildman–Crippen MR) is 83.2 cm³/mol. The van der Waals surface area contributed by atoms with Gasteiger partial charge >= 0.3 is 0 Å². The molecule has 5 heteroatoms. The number of rotatable bonds is 3. The van der Waals surface area contributed by atoms with Crippen molar-refractivity contribution in [1.29, 1.82) is 0 Å². The van der Waals surface area contributed by atoms with Crippen LogP contribution in [0.1, 0.15) is 32.6 Å². The first-order valence-corrected chi connectivity index (χ1v) is 9.94. The van der Waals surface area contributed by atoms with Crippen molar-refractivity contribution in [3.8, 4) is 0 Å². The Morgan fingerprint density at radius 1 is 1.39 bits per heavy atom. The van der Waals surface area contributed by atoms with Crippen LogP contribution in [0.2, 0.25) is 0 Å². The molecule has 3 rings (SSSR count). The second kappa shape index (κ2) is 5.49. The Labute approximate surface area is 122 Å². The van der Waals surface area contributed by atoms with Gasteiger partial charge in [-0.3, -0.25) is 4.79 Å². The standard InChI is InChI=1S/C13H21NOS3/c1-2-16-13(17-8-3-9-18-13)10-6-7-14-11(10)4-5-12(14)15/h10-11H,2-9H2,1H3/t10-,11+/m1/s1. The zero-order valence-corrected chi connectivity index (χ0v) is 13.3. The third kappa shape index (κ3) is 2.20. The van der Waals surface area contributed by atoms with Crippen molar-refractivity contribution in [2.45, 2.75) is 42.1 Å². The van der Waals surface area contributed by atoms with Crippen molar-refractivity contribution in [3.05, 3.63) is 0 Å². The number of carbonyl (C=O) groups is 1. The van der Waals surface area contributed by atoms with Crippen LogP contribution < -0.4 is 0 Å². The molecule has 0 unspecified atom stereocenters. The van der Waals surface area contributed by atoms with Gasteiger partial charge in [0.15, 0.2) is 0 Å². The molecule has 0 saturated carbocycles. The van der Waals surface area contributed by atoms with E-state index in [-0.39, 0.29) is 0 Å². The highest BCUT2D eigenvalue weighted by Gasteiger charge is 2.52. The smallest absolute Gasteiger partial charge is 0.222 e. The molecular weight excluding hydrogens is 282 g/mol. The Bertz CT molecular complexity index is 325. The minimum absolute atomic E-state index is 0.344. The maximum Gasteiger partial charge on any atom is 0.222 e. The highest BCUT2D eigenvalue weighted by molar-refractivity contribution is 8.34. The monoisotopic (exact) mass is 303 g/mol. The summed E-state index contributed by atoms with van der Waals surface area (Å²) in [6, 6.07) is 0.551. The van der Waals surface area contributed by atoms with E-state index in [0.717, 1.165) is 19.4 Å². The van der Waals surface area contributed by atoms with Gasteiger partial charge in [0.2, 0.25) is 5.91 Å². The van der Waals surface area contributed by atoms with E-state index in [1.54, 1.807) is 0 Å². The molecule has 18 heavy (non-hydrogen) atoms. The third-order valence-corrected chi connectivity index (χ3v) is 9.73. The summed E-state index contributed by atoms with van der Waals surface area (Å²) >= 11 is 6.48. The molecule has 3 saturated heterocycles. The number of nitrogens with zero attached hydrogens (tertiary/aromatic N) is 1. The average Bonchev–Trinajstić information content (AvgIpc) is 2.95. The molecule has 2 atom stereocenters. The highest BCUT2D eigenvalue weighted by Crippen LogP contribution is 2.59. The zero-order valence-electron chi connectivity index (χ0n) is 10.9. The van der Waals surface area contributed by atoms with E-state index in [1.165, 1.54) is 30.1 Å². The van der Waals surface area contributed by atoms with Crippen molar-refractivity contribution < 1.29 is 4.79 Å². The lowest BCUT2D eigenvalue weighted by molar-refractivity contribution is -0.128. The third-order valence-electron chi connectivity index (χ3n) is 4.21. The van der Waals surface area contributed by atoms with Crippen LogP contribution in [0.25, 0.3) is 0 Å². The lowest BCUT2D eigenvalue weighted by Crippen LogP contribution is -2.39. The number of hydrogen-bond acceptors (Lipinski definition) is 4. The molecule has 3 heterocycles. The molecule has 3 fully saturated rings. The lowest BCUT2D eigenvalue weighted by atomic mass is 10.00. The maximum absolute atomic E-state index is 11.9. The van der Waals surface area contributed by atoms with Crippen LogP contribution in [-0.2, 0) is 4.79 Å². The molecule has 0 aromatic carbocycles. The Hall–Kier alpha value is 0.520. The summed E-state index contributed by atoms with van der Waals surface area (Å²) in [7, 11) is 0. The van der Waals surface area contributed by atoms with Gasteiger partial charge < -0.3 is 4.90 Å². The SMILES string of the molecule is CCSC1([C@@H]2CCN3C(=O)CC[C@@H]23)SCCCS1. The molecule has 0 bridgehead atoms. The van der Waals surface area contributed by atoms with Crippen molar-refractivity contribution in [1.82, 2.24) is 4.90 Å². The Morgan fingerprint density at radius 2 is 2.17 bits per heavy atom. The van der Waals surface area contributed by atoms with E-state index in [4.69, 9.17) is 0 Å². The largest absolute Gasteiger partial charge is 0.339 e. The lowest BCUT2D eigenvalue weighted by Gasteiger charge is -2.42. The summed E-state index contributed by atoms with van der Waals surface area (Å²) in [5, 5.41) is 0. The van der Waals surface area contributed by atoms with E-state index in [1.807, 2.05) is 0 Å². The topological polar surface area (TPSA) is 20.3 Å². The highest BCUT2D eigenvalue weighted by atomic mass is 32.3. The van der Waals surface area contributed by atoms with Crippen molar-refractivity contribution in [2.75, 3.05) is 23.8 Å². The number of thioether (sulfide) groups is 3. The molecule has 102 valence electrons. The Balaban J connectivity index is 1.80. The van der Waals surface area contributed by atoms with Crippen molar-refractivity contribution in [2.24, 2.45) is 5.92 Å². The maximum atomic E-state index is 11.9. The molecule has 0 radical (unpaired) electrons. The van der Waals surface area contributed by atoms with Gasteiger partial charge in [0, 0.05) is 24.9 Å². The summed E-state index contributed by atoms with van der Waals surface area (Å²) < 4.78 is 0.344. The number of amides is 1. The Kier molecular flexibility index (Phi) is 4.12. The molecular formula is C13H21NOS3. The van der Waals surface area contributed by atoms with Crippen LogP contribution in [0.5, 0.6) is 0 Å². The van der Waals surface area contributed by atoms with Crippen molar-refractivity contribution in [3.63, 3.8) is 0 Å². The second-order valence-electron chi connectivity index (χ2n) is 5.18. The van der Waals surface area contributed by atoms with Crippen LogP contribution in [0, 0.1) is 5.92 Å². The fraction of sp³-hybridized carbons (Fsp3) is 0.923. The van der Waals surface area contributed by atoms with Gasteiger partial charge in [0.25, 0.3) is 0 Å². The summed E-state index contributed by atoms with van der Waals surface area (Å²) in [4.78, 5) is 14.0. The van der Waals surface area contributed by atoms with Crippen LogP contribution >= 0.6 is 35.3 Å². The quantitative estimate of drug-likeness (QED) is 0.797. The average molecular weight is 304 g/mol. The normalized spacial score (nSPS) is 34.9. The summed E-state index contributed by atoms with van der Waals surface area (Å²) in [6.45, 7) is 3.29. The molecule has 3 aliphatic rings. The first-order chi connectivity index (χ1) is 8.77. The first-order valence-electron chi connectivity index (χ1n) is 6.98. The number of hydrogen-bond donors (Lipinski definition) is 0. The Morgan fingerprint density at radius 3 is 2.89 bits per heavy atom. The van der Waals surface area contributed by atoms with Gasteiger partial charge in [-0.25, -0.2) is 0 Å². The fourth-order valence-corrected chi connectivity index (χ4v) is 9.39. The molecule has 0 aromatic rings. The van der Waals surface area contributed by atoms with E-state index in [2.05, 4.69) is 47.1 Å². The molecule has 0 N–H and O–H groups in total. The molecule has 1 amide bonds. The van der Waals surface area contributed by atoms with E-state index >= 15 is 0 Å². The predicted octanol–water partition coefficient (Wildman–Crippen LogP) is 3.27. The molecule has 0 aromatic heterocycles. The number of fused-ring (bicyclic) bond motifs is 1. The van der Waals surface area contributed by atoms with Gasteiger partial charge in [0.1, 0.15) is 3.41 Å². The zero-order chi connectivity index (χ0) is 12.6. The van der Waals surface area contributed by atoms with Gasteiger partial charge in [-0.15, -0.1) is 35.3 Å². The minimum Gasteiger partial charge on any atom is -0.339 e. The summed E-state index contributed by atoms with van der Waals surface area (Å²) in [6.07, 6.45) is 4.48. The van der Waals surface area contributed by atoms with Crippen LogP contribution in [0.3, 0.4) is 0 Å². The fourth-order valence-electron chi connectivity index (χ4n) is 3.48. The van der Waals surface area contributed by atoms with E-state index < -0.39 is 0 Å². The van der Waals surface area contributed by atoms with Gasteiger partial charge in [0.05, 0.1) is 0 Å². The molecule has 3 aliphatic heterocycles. The van der Waals surface area contributed by atoms with Gasteiger partial charge in [-0.05, 0) is 36.5 Å². The number of carbonyl (C=O) groups excluding carboxylic acids is 1. The molecule has 0 spiro atoms. The van der Waals surface area contributed by atoms with Crippen LogP contribution in [0.15, 0.2) is 0 Å². The summed E-state index contributed by atoms with van der Waals surface area (Å²) in [5.74, 6) is 4.92. The molecule has 2 nitrogen and oxygen atoms in total. The van der Waals surface area contributed by atoms with Crippen molar-refractivity contribution >= 4 is 41.2 Å². The van der Waals surface area contributed by atoms with Crippen LogP contribution in [-0.4, -0.2) is 44.1 Å². The minimum atomic E-state index is 0.344. The van der Waals surface area contributed by atoms with Gasteiger partial charge in [-0.1, -0.05) is 6.92 Å². The van der Waals surface area contributed by atoms with E-state index in [9.17, 15) is 4.79 Å². The first kappa shape index (κ1) is 13.5. The van der Waals surface area contributed by atoms with E-state index in [0.29, 0.717) is 21.3 Å². The molecule has 0 aliphatic carbocycles. The van der Waals surface area contributed by atoms with Crippen LogP contribution in [0.4, 0.5) is 0 Å². The second-order valence-corrected chi connectivity index (χ2v) is 10.1.